The van der Waals surface area contributed by atoms with Gasteiger partial charge in [-0.3, -0.25) is 4.79 Å². The minimum absolute atomic E-state index is 0. The zero-order valence-electron chi connectivity index (χ0n) is 6.64. The Balaban J connectivity index is -0.000000143. The molecule has 1 atom stereocenters. The van der Waals surface area contributed by atoms with Crippen molar-refractivity contribution in [2.24, 2.45) is 0 Å². The molecule has 0 aromatic heterocycles. The second-order valence-electron chi connectivity index (χ2n) is 1.88. The second-order valence-corrected chi connectivity index (χ2v) is 1.88. The quantitative estimate of drug-likeness (QED) is 0.522. The molecule has 0 heterocycles. The van der Waals surface area contributed by atoms with Crippen LogP contribution in [0.2, 0.25) is 0 Å². The number of carbonyl (C=O) groups excluding carboxylic acids is 1. The van der Waals surface area contributed by atoms with E-state index in [4.69, 9.17) is 15.3 Å². The van der Waals surface area contributed by atoms with Gasteiger partial charge in [0.15, 0.2) is 0 Å². The van der Waals surface area contributed by atoms with Crippen molar-refractivity contribution < 1.29 is 29.7 Å². The molecule has 13 heavy (non-hydrogen) atoms. The number of aliphatic carboxylic acids is 2. The van der Waals surface area contributed by atoms with Crippen LogP contribution < -0.4 is 0 Å². The van der Waals surface area contributed by atoms with Crippen LogP contribution in [0.3, 0.4) is 0 Å². The zero-order valence-corrected chi connectivity index (χ0v) is 6.64. The normalized spacial score (nSPS) is 9.77. The fourth-order valence-electron chi connectivity index (χ4n) is 0. The molecule has 0 fully saturated rings. The molecule has 6 nitrogen and oxygen atoms in total. The Kier molecular flexibility index (Phi) is 11.7. The van der Waals surface area contributed by atoms with Gasteiger partial charge >= 0.3 is 11.9 Å². The molecule has 0 aliphatic rings. The molecule has 0 bridgehead atoms. The van der Waals surface area contributed by atoms with E-state index in [1.165, 1.54) is 6.92 Å². The van der Waals surface area contributed by atoms with Crippen LogP contribution in [0.4, 0.5) is 0 Å². The zero-order chi connectivity index (χ0) is 10.3. The third kappa shape index (κ3) is 18.0. The molecular formula is C7H14O6. The first kappa shape index (κ1) is 17.6. The highest BCUT2D eigenvalue weighted by Gasteiger charge is 2.01. The molecule has 0 radical (unpaired) electrons. The Morgan fingerprint density at radius 3 is 1.31 bits per heavy atom. The number of rotatable bonds is 2. The van der Waals surface area contributed by atoms with Crippen molar-refractivity contribution in [3.05, 3.63) is 0 Å². The Labute approximate surface area is 75.8 Å². The summed E-state index contributed by atoms with van der Waals surface area (Å²) in [5.41, 5.74) is 0. The van der Waals surface area contributed by atoms with Gasteiger partial charge in [0, 0.05) is 6.92 Å². The molecule has 3 N–H and O–H groups in total. The van der Waals surface area contributed by atoms with Gasteiger partial charge in [0.2, 0.25) is 5.78 Å². The first-order valence-electron chi connectivity index (χ1n) is 2.93. The average molecular weight is 194 g/mol. The van der Waals surface area contributed by atoms with Crippen molar-refractivity contribution in [1.82, 2.24) is 0 Å². The third-order valence-electron chi connectivity index (χ3n) is 0.659. The van der Waals surface area contributed by atoms with Crippen molar-refractivity contribution in [2.45, 2.75) is 27.4 Å². The van der Waals surface area contributed by atoms with E-state index in [0.29, 0.717) is 0 Å². The topological polar surface area (TPSA) is 112 Å². The van der Waals surface area contributed by atoms with Crippen molar-refractivity contribution in [2.75, 3.05) is 0 Å². The number of carboxylic acid groups (broad SMARTS) is 2. The lowest BCUT2D eigenvalue weighted by Crippen LogP contribution is -2.13. The fraction of sp³-hybridized carbons (Fsp3) is 0.571. The van der Waals surface area contributed by atoms with Crippen molar-refractivity contribution in [1.29, 1.82) is 0 Å². The van der Waals surface area contributed by atoms with Crippen LogP contribution in [0, 0.1) is 0 Å². The predicted molar refractivity (Wildman–Crippen MR) is 44.4 cm³/mol. The number of carboxylic acids is 2. The highest BCUT2D eigenvalue weighted by molar-refractivity contribution is 6.31. The molecule has 0 aromatic carbocycles. The SMILES string of the molecule is C.CC(=O)C(=O)O.C[C@@H](O)C(=O)O. The number of aliphatic hydroxyl groups is 1. The van der Waals surface area contributed by atoms with Gasteiger partial charge in [0.05, 0.1) is 0 Å². The average Bonchev–Trinajstić information content (AvgIpc) is 1.88. The van der Waals surface area contributed by atoms with Crippen molar-refractivity contribution >= 4 is 17.7 Å². The molecular weight excluding hydrogens is 180 g/mol. The number of aliphatic hydroxyl groups excluding tert-OH is 1. The highest BCUT2D eigenvalue weighted by atomic mass is 16.4. The molecule has 0 saturated heterocycles. The smallest absolute Gasteiger partial charge is 0.371 e. The monoisotopic (exact) mass is 194 g/mol. The summed E-state index contributed by atoms with van der Waals surface area (Å²) >= 11 is 0. The van der Waals surface area contributed by atoms with Gasteiger partial charge < -0.3 is 15.3 Å². The molecule has 0 rings (SSSR count). The van der Waals surface area contributed by atoms with E-state index in [-0.39, 0.29) is 7.43 Å². The van der Waals surface area contributed by atoms with Crippen LogP contribution in [0.15, 0.2) is 0 Å². The van der Waals surface area contributed by atoms with Crippen LogP contribution in [0.1, 0.15) is 21.3 Å². The third-order valence-corrected chi connectivity index (χ3v) is 0.659. The van der Waals surface area contributed by atoms with Gasteiger partial charge in [-0.25, -0.2) is 9.59 Å². The standard InChI is InChI=1S/C3H6O3.C3H4O3.CH4/c2*1-2(4)3(5)6;/h2,4H,1H3,(H,5,6);1H3,(H,5,6);1H4/t2-;;/m1../s1. The molecule has 0 amide bonds. The minimum atomic E-state index is -1.38. The van der Waals surface area contributed by atoms with Crippen LogP contribution in [-0.4, -0.2) is 39.1 Å². The lowest BCUT2D eigenvalue weighted by atomic mass is 10.4. The summed E-state index contributed by atoms with van der Waals surface area (Å²) < 4.78 is 0. The summed E-state index contributed by atoms with van der Waals surface area (Å²) in [6.45, 7) is 2.20. The predicted octanol–water partition coefficient (Wildman–Crippen LogP) is -0.252. The van der Waals surface area contributed by atoms with Gasteiger partial charge in [-0.15, -0.1) is 0 Å². The Bertz CT molecular complexity index is 171. The van der Waals surface area contributed by atoms with Gasteiger partial charge in [-0.2, -0.15) is 0 Å². The lowest BCUT2D eigenvalue weighted by molar-refractivity contribution is -0.148. The number of hydrogen-bond donors (Lipinski definition) is 3. The highest BCUT2D eigenvalue weighted by Crippen LogP contribution is 1.73. The van der Waals surface area contributed by atoms with E-state index >= 15 is 0 Å². The maximum absolute atomic E-state index is 9.54. The van der Waals surface area contributed by atoms with Crippen molar-refractivity contribution in [3.8, 4) is 0 Å². The first-order valence-corrected chi connectivity index (χ1v) is 2.93. The Morgan fingerprint density at radius 2 is 1.31 bits per heavy atom. The molecule has 6 heteroatoms. The molecule has 0 spiro atoms. The van der Waals surface area contributed by atoms with Crippen molar-refractivity contribution in [3.63, 3.8) is 0 Å². The summed E-state index contributed by atoms with van der Waals surface area (Å²) in [6, 6.07) is 0. The largest absolute Gasteiger partial charge is 0.479 e. The summed E-state index contributed by atoms with van der Waals surface area (Å²) in [7, 11) is 0. The van der Waals surface area contributed by atoms with Gasteiger partial charge in [0.25, 0.3) is 0 Å². The lowest BCUT2D eigenvalue weighted by Gasteiger charge is -1.89. The van der Waals surface area contributed by atoms with E-state index in [1.54, 1.807) is 0 Å². The molecule has 0 aliphatic heterocycles. The first-order chi connectivity index (χ1) is 5.29. The number of carbonyl (C=O) groups is 3. The maximum atomic E-state index is 9.54. The summed E-state index contributed by atoms with van der Waals surface area (Å²) in [4.78, 5) is 28.3. The molecule has 0 saturated carbocycles. The molecule has 0 aliphatic carbocycles. The van der Waals surface area contributed by atoms with Crippen LogP contribution in [0.25, 0.3) is 0 Å². The molecule has 0 unspecified atom stereocenters. The van der Waals surface area contributed by atoms with E-state index < -0.39 is 23.8 Å². The summed E-state index contributed by atoms with van der Waals surface area (Å²) in [5.74, 6) is -3.39. The second kappa shape index (κ2) is 8.66. The van der Waals surface area contributed by atoms with E-state index in [2.05, 4.69) is 0 Å². The summed E-state index contributed by atoms with van der Waals surface area (Å²) in [6.07, 6.45) is -1.23. The summed E-state index contributed by atoms with van der Waals surface area (Å²) in [5, 5.41) is 23.4. The Morgan fingerprint density at radius 1 is 1.15 bits per heavy atom. The number of hydrogen-bond acceptors (Lipinski definition) is 4. The van der Waals surface area contributed by atoms with Crippen LogP contribution >= 0.6 is 0 Å². The van der Waals surface area contributed by atoms with E-state index in [9.17, 15) is 14.4 Å². The van der Waals surface area contributed by atoms with E-state index in [0.717, 1.165) is 6.92 Å². The van der Waals surface area contributed by atoms with Crippen LogP contribution in [0.5, 0.6) is 0 Å². The van der Waals surface area contributed by atoms with Gasteiger partial charge in [0.1, 0.15) is 6.10 Å². The number of ketones is 1. The molecule has 78 valence electrons. The number of Topliss-reactive ketones (excluding diaryl/α,β-unsaturated/α-hetero) is 1. The van der Waals surface area contributed by atoms with Crippen LogP contribution in [-0.2, 0) is 14.4 Å². The van der Waals surface area contributed by atoms with Gasteiger partial charge in [-0.1, -0.05) is 7.43 Å². The maximum Gasteiger partial charge on any atom is 0.371 e. The minimum Gasteiger partial charge on any atom is -0.479 e. The fourth-order valence-corrected chi connectivity index (χ4v) is 0. The van der Waals surface area contributed by atoms with E-state index in [1.807, 2.05) is 0 Å². The van der Waals surface area contributed by atoms with Gasteiger partial charge in [-0.05, 0) is 6.92 Å². The Hall–Kier alpha value is -1.43. The molecule has 0 aromatic rings.